The Labute approximate surface area is 124 Å². The summed E-state index contributed by atoms with van der Waals surface area (Å²) in [4.78, 5) is 12.4. The maximum absolute atomic E-state index is 12.4. The number of hydrogen-bond acceptors (Lipinski definition) is 1. The van der Waals surface area contributed by atoms with Crippen LogP contribution < -0.4 is 5.56 Å². The number of fused-ring (bicyclic) bond motifs is 1. The van der Waals surface area contributed by atoms with E-state index in [1.54, 1.807) is 4.57 Å². The molecule has 0 aliphatic carbocycles. The predicted octanol–water partition coefficient (Wildman–Crippen LogP) is 3.79. The molecule has 104 valence electrons. The third-order valence-corrected chi connectivity index (χ3v) is 3.83. The van der Waals surface area contributed by atoms with Crippen molar-refractivity contribution in [1.82, 2.24) is 4.57 Å². The molecule has 0 aliphatic rings. The van der Waals surface area contributed by atoms with Crippen LogP contribution in [0.25, 0.3) is 16.3 Å². The Hall–Kier alpha value is -2.61. The highest BCUT2D eigenvalue weighted by molar-refractivity contribution is 5.82. The smallest absolute Gasteiger partial charge is 0.258 e. The van der Waals surface area contributed by atoms with Crippen LogP contribution in [0.1, 0.15) is 11.3 Å². The Morgan fingerprint density at radius 2 is 1.71 bits per heavy atom. The van der Waals surface area contributed by atoms with E-state index in [-0.39, 0.29) is 5.56 Å². The predicted molar refractivity (Wildman–Crippen MR) is 88.4 cm³/mol. The molecule has 3 aromatic rings. The quantitative estimate of drug-likeness (QED) is 0.712. The first kappa shape index (κ1) is 13.4. The SMILES string of the molecule is C=C(Cc1cc2ccccc2c(=O)n1C)c1ccccc1. The van der Waals surface area contributed by atoms with Gasteiger partial charge in [0.1, 0.15) is 0 Å². The molecule has 3 rings (SSSR count). The minimum absolute atomic E-state index is 0.0453. The van der Waals surface area contributed by atoms with Crippen molar-refractivity contribution >= 4 is 16.3 Å². The van der Waals surface area contributed by atoms with Gasteiger partial charge in [0.2, 0.25) is 0 Å². The molecule has 0 bridgehead atoms. The van der Waals surface area contributed by atoms with E-state index in [0.717, 1.165) is 27.6 Å². The summed E-state index contributed by atoms with van der Waals surface area (Å²) in [6.45, 7) is 4.16. The van der Waals surface area contributed by atoms with Gasteiger partial charge in [-0.1, -0.05) is 55.1 Å². The highest BCUT2D eigenvalue weighted by Gasteiger charge is 2.08. The fourth-order valence-electron chi connectivity index (χ4n) is 2.57. The Morgan fingerprint density at radius 1 is 1.05 bits per heavy atom. The highest BCUT2D eigenvalue weighted by atomic mass is 16.1. The summed E-state index contributed by atoms with van der Waals surface area (Å²) < 4.78 is 1.72. The molecule has 0 saturated carbocycles. The Bertz CT molecular complexity index is 860. The van der Waals surface area contributed by atoms with Gasteiger partial charge in [0.25, 0.3) is 5.56 Å². The standard InChI is InChI=1S/C19H17NO/c1-14(15-8-4-3-5-9-15)12-17-13-16-10-6-7-11-18(16)19(21)20(17)2/h3-11,13H,1,12H2,2H3. The number of aromatic nitrogens is 1. The van der Waals surface area contributed by atoms with Crippen molar-refractivity contribution in [3.05, 3.63) is 88.9 Å². The van der Waals surface area contributed by atoms with Crippen molar-refractivity contribution in [2.24, 2.45) is 7.05 Å². The Balaban J connectivity index is 2.04. The van der Waals surface area contributed by atoms with Crippen molar-refractivity contribution in [2.45, 2.75) is 6.42 Å². The lowest BCUT2D eigenvalue weighted by atomic mass is 10.0. The molecule has 2 heteroatoms. The van der Waals surface area contributed by atoms with Gasteiger partial charge in [-0.15, -0.1) is 0 Å². The molecule has 1 heterocycles. The average molecular weight is 275 g/mol. The first-order valence-electron chi connectivity index (χ1n) is 6.97. The molecule has 21 heavy (non-hydrogen) atoms. The van der Waals surface area contributed by atoms with Crippen molar-refractivity contribution in [3.63, 3.8) is 0 Å². The first-order chi connectivity index (χ1) is 10.2. The zero-order valence-corrected chi connectivity index (χ0v) is 12.0. The number of pyridine rings is 1. The zero-order valence-electron chi connectivity index (χ0n) is 12.0. The molecule has 0 unspecified atom stereocenters. The fraction of sp³-hybridized carbons (Fsp3) is 0.105. The third-order valence-electron chi connectivity index (χ3n) is 3.83. The van der Waals surface area contributed by atoms with Crippen LogP contribution in [0.5, 0.6) is 0 Å². The molecule has 0 N–H and O–H groups in total. The summed E-state index contributed by atoms with van der Waals surface area (Å²) in [5, 5.41) is 1.74. The molecule has 2 nitrogen and oxygen atoms in total. The van der Waals surface area contributed by atoms with E-state index in [2.05, 4.69) is 12.6 Å². The van der Waals surface area contributed by atoms with Crippen LogP contribution in [0.15, 0.2) is 72.0 Å². The van der Waals surface area contributed by atoms with Crippen LogP contribution in [0.3, 0.4) is 0 Å². The molecule has 0 saturated heterocycles. The van der Waals surface area contributed by atoms with E-state index in [1.807, 2.05) is 61.6 Å². The van der Waals surface area contributed by atoms with E-state index in [0.29, 0.717) is 6.42 Å². The first-order valence-corrected chi connectivity index (χ1v) is 6.97. The lowest BCUT2D eigenvalue weighted by Gasteiger charge is -2.12. The van der Waals surface area contributed by atoms with Gasteiger partial charge in [0, 0.05) is 24.5 Å². The Morgan fingerprint density at radius 3 is 2.48 bits per heavy atom. The van der Waals surface area contributed by atoms with E-state index < -0.39 is 0 Å². The number of rotatable bonds is 3. The van der Waals surface area contributed by atoms with Gasteiger partial charge in [-0.25, -0.2) is 0 Å². The summed E-state index contributed by atoms with van der Waals surface area (Å²) in [7, 11) is 1.82. The second-order valence-electron chi connectivity index (χ2n) is 5.23. The number of allylic oxidation sites excluding steroid dienone is 1. The maximum atomic E-state index is 12.4. The average Bonchev–Trinajstić information content (AvgIpc) is 2.53. The fourth-order valence-corrected chi connectivity index (χ4v) is 2.57. The lowest BCUT2D eigenvalue weighted by Crippen LogP contribution is -2.20. The van der Waals surface area contributed by atoms with E-state index in [4.69, 9.17) is 0 Å². The minimum Gasteiger partial charge on any atom is -0.315 e. The summed E-state index contributed by atoms with van der Waals surface area (Å²) >= 11 is 0. The minimum atomic E-state index is 0.0453. The van der Waals surface area contributed by atoms with Gasteiger partial charge in [-0.2, -0.15) is 0 Å². The van der Waals surface area contributed by atoms with Gasteiger partial charge >= 0.3 is 0 Å². The second kappa shape index (κ2) is 5.41. The molecule has 0 fully saturated rings. The van der Waals surface area contributed by atoms with Gasteiger partial charge in [0.05, 0.1) is 0 Å². The molecule has 0 amide bonds. The summed E-state index contributed by atoms with van der Waals surface area (Å²) in [6.07, 6.45) is 0.667. The topological polar surface area (TPSA) is 22.0 Å². The zero-order chi connectivity index (χ0) is 14.8. The van der Waals surface area contributed by atoms with Gasteiger partial charge in [0.15, 0.2) is 0 Å². The van der Waals surface area contributed by atoms with Crippen molar-refractivity contribution in [1.29, 1.82) is 0 Å². The molecule has 0 atom stereocenters. The van der Waals surface area contributed by atoms with Crippen LogP contribution in [0, 0.1) is 0 Å². The lowest BCUT2D eigenvalue weighted by molar-refractivity contribution is 0.813. The molecule has 0 aliphatic heterocycles. The van der Waals surface area contributed by atoms with Crippen LogP contribution >= 0.6 is 0 Å². The van der Waals surface area contributed by atoms with Crippen molar-refractivity contribution in [3.8, 4) is 0 Å². The van der Waals surface area contributed by atoms with Crippen LogP contribution in [-0.2, 0) is 13.5 Å². The molecular formula is C19H17NO. The van der Waals surface area contributed by atoms with Gasteiger partial charge in [-0.05, 0) is 28.7 Å². The number of hydrogen-bond donors (Lipinski definition) is 0. The monoisotopic (exact) mass is 275 g/mol. The van der Waals surface area contributed by atoms with Crippen molar-refractivity contribution < 1.29 is 0 Å². The van der Waals surface area contributed by atoms with E-state index >= 15 is 0 Å². The summed E-state index contributed by atoms with van der Waals surface area (Å²) in [6, 6.07) is 19.8. The number of benzene rings is 2. The normalized spacial score (nSPS) is 10.7. The third kappa shape index (κ3) is 2.52. The molecular weight excluding hydrogens is 258 g/mol. The van der Waals surface area contributed by atoms with Gasteiger partial charge < -0.3 is 4.57 Å². The van der Waals surface area contributed by atoms with Crippen LogP contribution in [-0.4, -0.2) is 4.57 Å². The molecule has 0 spiro atoms. The van der Waals surface area contributed by atoms with E-state index in [1.165, 1.54) is 0 Å². The van der Waals surface area contributed by atoms with Crippen LogP contribution in [0.4, 0.5) is 0 Å². The number of nitrogens with zero attached hydrogens (tertiary/aromatic N) is 1. The summed E-state index contributed by atoms with van der Waals surface area (Å²) in [5.41, 5.74) is 3.15. The highest BCUT2D eigenvalue weighted by Crippen LogP contribution is 2.19. The maximum Gasteiger partial charge on any atom is 0.258 e. The van der Waals surface area contributed by atoms with E-state index in [9.17, 15) is 4.79 Å². The largest absolute Gasteiger partial charge is 0.315 e. The molecule has 0 radical (unpaired) electrons. The van der Waals surface area contributed by atoms with Crippen LogP contribution in [0.2, 0.25) is 0 Å². The summed E-state index contributed by atoms with van der Waals surface area (Å²) in [5.74, 6) is 0. The Kier molecular flexibility index (Phi) is 3.44. The molecule has 2 aromatic carbocycles. The second-order valence-corrected chi connectivity index (χ2v) is 5.23. The van der Waals surface area contributed by atoms with Crippen molar-refractivity contribution in [2.75, 3.05) is 0 Å². The van der Waals surface area contributed by atoms with Gasteiger partial charge in [-0.3, -0.25) is 4.79 Å². The molecule has 1 aromatic heterocycles.